The SMILES string of the molecule is CCNC(=O)C1COCCN1C(=O)N(CC)CC(=O)O. The van der Waals surface area contributed by atoms with E-state index in [1.54, 1.807) is 13.8 Å². The van der Waals surface area contributed by atoms with Crippen molar-refractivity contribution in [2.24, 2.45) is 0 Å². The summed E-state index contributed by atoms with van der Waals surface area (Å²) in [6.07, 6.45) is 0. The first-order valence-corrected chi connectivity index (χ1v) is 6.64. The molecule has 8 nitrogen and oxygen atoms in total. The number of ether oxygens (including phenoxy) is 1. The molecule has 0 spiro atoms. The second-order valence-electron chi connectivity index (χ2n) is 4.37. The average Bonchev–Trinajstić information content (AvgIpc) is 2.44. The van der Waals surface area contributed by atoms with E-state index in [4.69, 9.17) is 9.84 Å². The molecule has 0 aromatic carbocycles. The van der Waals surface area contributed by atoms with Gasteiger partial charge in [0.2, 0.25) is 5.91 Å². The molecule has 0 aromatic rings. The lowest BCUT2D eigenvalue weighted by Crippen LogP contribution is -2.59. The Kier molecular flexibility index (Phi) is 6.23. The quantitative estimate of drug-likeness (QED) is 0.700. The number of urea groups is 1. The van der Waals surface area contributed by atoms with Gasteiger partial charge in [0.15, 0.2) is 0 Å². The minimum atomic E-state index is -1.08. The molecule has 1 fully saturated rings. The Hall–Kier alpha value is -1.83. The van der Waals surface area contributed by atoms with Gasteiger partial charge in [0, 0.05) is 19.6 Å². The highest BCUT2D eigenvalue weighted by atomic mass is 16.5. The maximum absolute atomic E-state index is 12.3. The van der Waals surface area contributed by atoms with Crippen molar-refractivity contribution in [2.45, 2.75) is 19.9 Å². The highest BCUT2D eigenvalue weighted by molar-refractivity contribution is 5.88. The number of carbonyl (C=O) groups excluding carboxylic acids is 2. The lowest BCUT2D eigenvalue weighted by molar-refractivity contribution is -0.137. The van der Waals surface area contributed by atoms with Crippen molar-refractivity contribution in [3.63, 3.8) is 0 Å². The smallest absolute Gasteiger partial charge is 0.323 e. The maximum atomic E-state index is 12.3. The molecule has 20 heavy (non-hydrogen) atoms. The van der Waals surface area contributed by atoms with Gasteiger partial charge in [-0.05, 0) is 13.8 Å². The number of carbonyl (C=O) groups is 3. The lowest BCUT2D eigenvalue weighted by atomic mass is 10.2. The Balaban J connectivity index is 2.80. The van der Waals surface area contributed by atoms with Crippen LogP contribution in [0.4, 0.5) is 4.79 Å². The molecular formula is C12H21N3O5. The molecule has 2 N–H and O–H groups in total. The second kappa shape index (κ2) is 7.68. The summed E-state index contributed by atoms with van der Waals surface area (Å²) in [5, 5.41) is 11.5. The first kappa shape index (κ1) is 16.2. The Labute approximate surface area is 117 Å². The molecule has 8 heteroatoms. The fourth-order valence-electron chi connectivity index (χ4n) is 2.00. The first-order valence-electron chi connectivity index (χ1n) is 6.64. The van der Waals surface area contributed by atoms with Crippen molar-refractivity contribution in [1.82, 2.24) is 15.1 Å². The van der Waals surface area contributed by atoms with Gasteiger partial charge in [-0.1, -0.05) is 0 Å². The van der Waals surface area contributed by atoms with Crippen LogP contribution in [0.2, 0.25) is 0 Å². The predicted molar refractivity (Wildman–Crippen MR) is 70.3 cm³/mol. The van der Waals surface area contributed by atoms with Crippen LogP contribution in [0.5, 0.6) is 0 Å². The van der Waals surface area contributed by atoms with Gasteiger partial charge < -0.3 is 25.0 Å². The van der Waals surface area contributed by atoms with Crippen LogP contribution in [0, 0.1) is 0 Å². The molecule has 1 saturated heterocycles. The van der Waals surface area contributed by atoms with E-state index in [9.17, 15) is 14.4 Å². The normalized spacial score (nSPS) is 18.5. The zero-order valence-electron chi connectivity index (χ0n) is 11.8. The van der Waals surface area contributed by atoms with E-state index < -0.39 is 18.0 Å². The Morgan fingerprint density at radius 2 is 2.10 bits per heavy atom. The Morgan fingerprint density at radius 1 is 1.40 bits per heavy atom. The zero-order chi connectivity index (χ0) is 15.1. The number of rotatable bonds is 5. The lowest BCUT2D eigenvalue weighted by Gasteiger charge is -2.37. The van der Waals surface area contributed by atoms with Crippen molar-refractivity contribution in [3.05, 3.63) is 0 Å². The topological polar surface area (TPSA) is 99.2 Å². The molecule has 1 aliphatic heterocycles. The summed E-state index contributed by atoms with van der Waals surface area (Å²) in [6.45, 7) is 4.58. The Morgan fingerprint density at radius 3 is 2.65 bits per heavy atom. The molecule has 3 amide bonds. The summed E-state index contributed by atoms with van der Waals surface area (Å²) < 4.78 is 5.23. The molecule has 0 bridgehead atoms. The average molecular weight is 287 g/mol. The number of nitrogens with zero attached hydrogens (tertiary/aromatic N) is 2. The molecule has 1 atom stereocenters. The van der Waals surface area contributed by atoms with E-state index >= 15 is 0 Å². The van der Waals surface area contributed by atoms with Crippen LogP contribution >= 0.6 is 0 Å². The molecule has 0 radical (unpaired) electrons. The second-order valence-corrected chi connectivity index (χ2v) is 4.37. The van der Waals surface area contributed by atoms with Crippen LogP contribution in [-0.2, 0) is 14.3 Å². The van der Waals surface area contributed by atoms with Crippen LogP contribution in [0.1, 0.15) is 13.8 Å². The summed E-state index contributed by atoms with van der Waals surface area (Å²) in [6, 6.07) is -1.16. The number of aliphatic carboxylic acids is 1. The number of hydrogen-bond donors (Lipinski definition) is 2. The molecule has 0 aliphatic carbocycles. The van der Waals surface area contributed by atoms with E-state index in [-0.39, 0.29) is 32.1 Å². The standard InChI is InChI=1S/C12H21N3O5/c1-3-13-11(18)9-8-20-6-5-15(9)12(19)14(4-2)7-10(16)17/h9H,3-8H2,1-2H3,(H,13,18)(H,16,17). The fraction of sp³-hybridized carbons (Fsp3) is 0.750. The first-order chi connectivity index (χ1) is 9.51. The summed E-state index contributed by atoms with van der Waals surface area (Å²) in [7, 11) is 0. The third-order valence-electron chi connectivity index (χ3n) is 3.01. The number of carboxylic acids is 1. The molecule has 1 rings (SSSR count). The van der Waals surface area contributed by atoms with Crippen LogP contribution < -0.4 is 5.32 Å². The zero-order valence-corrected chi connectivity index (χ0v) is 11.8. The predicted octanol–water partition coefficient (Wildman–Crippen LogP) is -0.650. The third kappa shape index (κ3) is 4.09. The number of nitrogens with one attached hydrogen (secondary N) is 1. The maximum Gasteiger partial charge on any atom is 0.323 e. The van der Waals surface area contributed by atoms with Gasteiger partial charge in [-0.2, -0.15) is 0 Å². The van der Waals surface area contributed by atoms with Gasteiger partial charge in [0.1, 0.15) is 12.6 Å². The highest BCUT2D eigenvalue weighted by Gasteiger charge is 2.35. The minimum absolute atomic E-state index is 0.127. The minimum Gasteiger partial charge on any atom is -0.480 e. The number of morpholine rings is 1. The molecular weight excluding hydrogens is 266 g/mol. The molecule has 1 unspecified atom stereocenters. The number of amides is 3. The van der Waals surface area contributed by atoms with Gasteiger partial charge >= 0.3 is 12.0 Å². The Bertz CT molecular complexity index is 374. The summed E-state index contributed by atoms with van der Waals surface area (Å²) in [4.78, 5) is 37.6. The summed E-state index contributed by atoms with van der Waals surface area (Å²) in [5.74, 6) is -1.37. The van der Waals surface area contributed by atoms with Gasteiger partial charge in [0.25, 0.3) is 0 Å². The molecule has 1 heterocycles. The molecule has 1 aliphatic rings. The van der Waals surface area contributed by atoms with Crippen molar-refractivity contribution >= 4 is 17.9 Å². The van der Waals surface area contributed by atoms with Gasteiger partial charge in [-0.25, -0.2) is 4.79 Å². The monoisotopic (exact) mass is 287 g/mol. The third-order valence-corrected chi connectivity index (χ3v) is 3.01. The molecule has 0 aromatic heterocycles. The number of likely N-dealkylation sites (N-methyl/N-ethyl adjacent to an activating group) is 2. The van der Waals surface area contributed by atoms with Crippen molar-refractivity contribution in [2.75, 3.05) is 39.4 Å². The number of carboxylic acid groups (broad SMARTS) is 1. The molecule has 0 saturated carbocycles. The van der Waals surface area contributed by atoms with E-state index in [1.807, 2.05) is 0 Å². The van der Waals surface area contributed by atoms with Gasteiger partial charge in [0.05, 0.1) is 13.2 Å². The van der Waals surface area contributed by atoms with Crippen molar-refractivity contribution < 1.29 is 24.2 Å². The van der Waals surface area contributed by atoms with Crippen LogP contribution in [0.3, 0.4) is 0 Å². The van der Waals surface area contributed by atoms with Gasteiger partial charge in [-0.15, -0.1) is 0 Å². The van der Waals surface area contributed by atoms with Crippen molar-refractivity contribution in [3.8, 4) is 0 Å². The van der Waals surface area contributed by atoms with Crippen molar-refractivity contribution in [1.29, 1.82) is 0 Å². The van der Waals surface area contributed by atoms with E-state index in [2.05, 4.69) is 5.32 Å². The largest absolute Gasteiger partial charge is 0.480 e. The summed E-state index contributed by atoms with van der Waals surface area (Å²) >= 11 is 0. The fourth-order valence-corrected chi connectivity index (χ4v) is 2.00. The van der Waals surface area contributed by atoms with E-state index in [0.29, 0.717) is 13.2 Å². The van der Waals surface area contributed by atoms with Crippen LogP contribution in [0.15, 0.2) is 0 Å². The van der Waals surface area contributed by atoms with E-state index in [1.165, 1.54) is 9.80 Å². The highest BCUT2D eigenvalue weighted by Crippen LogP contribution is 2.11. The molecule has 114 valence electrons. The van der Waals surface area contributed by atoms with Crippen LogP contribution in [-0.4, -0.2) is 78.2 Å². The summed E-state index contributed by atoms with van der Waals surface area (Å²) in [5.41, 5.74) is 0. The van der Waals surface area contributed by atoms with Crippen LogP contribution in [0.25, 0.3) is 0 Å². The number of hydrogen-bond acceptors (Lipinski definition) is 4. The van der Waals surface area contributed by atoms with E-state index in [0.717, 1.165) is 0 Å². The van der Waals surface area contributed by atoms with Gasteiger partial charge in [-0.3, -0.25) is 9.59 Å².